The summed E-state index contributed by atoms with van der Waals surface area (Å²) in [6.07, 6.45) is 4.76. The number of carboxylic acid groups (broad SMARTS) is 2. The summed E-state index contributed by atoms with van der Waals surface area (Å²) in [6, 6.07) is 9.31. The summed E-state index contributed by atoms with van der Waals surface area (Å²) in [5, 5.41) is 16.3. The molecule has 0 amide bonds. The van der Waals surface area contributed by atoms with E-state index in [2.05, 4.69) is 0 Å². The van der Waals surface area contributed by atoms with Gasteiger partial charge in [-0.15, -0.1) is 0 Å². The zero-order valence-electron chi connectivity index (χ0n) is 10.4. The van der Waals surface area contributed by atoms with Crippen molar-refractivity contribution in [3.8, 4) is 0 Å². The van der Waals surface area contributed by atoms with Crippen molar-refractivity contribution in [2.45, 2.75) is 26.2 Å². The van der Waals surface area contributed by atoms with Crippen molar-refractivity contribution in [2.24, 2.45) is 0 Å². The molecule has 18 heavy (non-hydrogen) atoms. The number of benzene rings is 1. The molecule has 0 aliphatic rings. The van der Waals surface area contributed by atoms with Gasteiger partial charge in [0.1, 0.15) is 0 Å². The first-order valence-electron chi connectivity index (χ1n) is 5.74. The highest BCUT2D eigenvalue weighted by atomic mass is 16.4. The molecule has 1 rings (SSSR count). The molecule has 0 heterocycles. The molecule has 0 aliphatic heterocycles. The first-order valence-corrected chi connectivity index (χ1v) is 5.74. The third kappa shape index (κ3) is 10.4. The van der Waals surface area contributed by atoms with Crippen LogP contribution in [-0.4, -0.2) is 22.2 Å². The van der Waals surface area contributed by atoms with E-state index in [0.717, 1.165) is 24.5 Å². The van der Waals surface area contributed by atoms with Gasteiger partial charge in [0.25, 0.3) is 0 Å². The van der Waals surface area contributed by atoms with Crippen LogP contribution < -0.4 is 0 Å². The Morgan fingerprint density at radius 3 is 2.17 bits per heavy atom. The number of rotatable bonds is 5. The van der Waals surface area contributed by atoms with Crippen LogP contribution in [0.4, 0.5) is 0 Å². The average molecular weight is 250 g/mol. The SMILES string of the molecule is CCCCC(=O)O.O=C(O)C=Cc1ccccc1. The van der Waals surface area contributed by atoms with Gasteiger partial charge in [0, 0.05) is 12.5 Å². The number of carboxylic acids is 2. The molecule has 0 bridgehead atoms. The molecule has 0 unspecified atom stereocenters. The van der Waals surface area contributed by atoms with Crippen molar-refractivity contribution in [3.63, 3.8) is 0 Å². The zero-order chi connectivity index (χ0) is 13.8. The molecular formula is C14H18O4. The summed E-state index contributed by atoms with van der Waals surface area (Å²) in [4.78, 5) is 19.8. The Labute approximate surface area is 107 Å². The van der Waals surface area contributed by atoms with Gasteiger partial charge in [-0.05, 0) is 18.1 Å². The molecule has 0 saturated carbocycles. The summed E-state index contributed by atoms with van der Waals surface area (Å²) in [5.74, 6) is -1.62. The summed E-state index contributed by atoms with van der Waals surface area (Å²) < 4.78 is 0. The molecule has 98 valence electrons. The van der Waals surface area contributed by atoms with Crippen molar-refractivity contribution >= 4 is 18.0 Å². The van der Waals surface area contributed by atoms with E-state index in [1.807, 2.05) is 37.3 Å². The highest BCUT2D eigenvalue weighted by molar-refractivity contribution is 5.85. The normalized spacial score (nSPS) is 9.61. The van der Waals surface area contributed by atoms with Crippen molar-refractivity contribution in [2.75, 3.05) is 0 Å². The van der Waals surface area contributed by atoms with E-state index in [4.69, 9.17) is 10.2 Å². The second kappa shape index (κ2) is 10.1. The maximum atomic E-state index is 10.1. The third-order valence-corrected chi connectivity index (χ3v) is 1.96. The van der Waals surface area contributed by atoms with Crippen LogP contribution in [0.2, 0.25) is 0 Å². The van der Waals surface area contributed by atoms with Gasteiger partial charge in [-0.1, -0.05) is 43.7 Å². The number of carbonyl (C=O) groups is 2. The topological polar surface area (TPSA) is 74.6 Å². The number of aliphatic carboxylic acids is 2. The van der Waals surface area contributed by atoms with E-state index in [1.54, 1.807) is 6.08 Å². The van der Waals surface area contributed by atoms with Gasteiger partial charge >= 0.3 is 11.9 Å². The molecule has 0 saturated heterocycles. The molecule has 1 aromatic carbocycles. The molecular weight excluding hydrogens is 232 g/mol. The Balaban J connectivity index is 0.000000360. The highest BCUT2D eigenvalue weighted by Gasteiger charge is 1.90. The van der Waals surface area contributed by atoms with Gasteiger partial charge in [-0.3, -0.25) is 4.79 Å². The van der Waals surface area contributed by atoms with E-state index >= 15 is 0 Å². The molecule has 4 heteroatoms. The number of hydrogen-bond acceptors (Lipinski definition) is 2. The Hall–Kier alpha value is -2.10. The average Bonchev–Trinajstić information content (AvgIpc) is 2.36. The minimum atomic E-state index is -0.922. The minimum Gasteiger partial charge on any atom is -0.481 e. The predicted molar refractivity (Wildman–Crippen MR) is 70.3 cm³/mol. The monoisotopic (exact) mass is 250 g/mol. The Kier molecular flexibility index (Phi) is 8.90. The quantitative estimate of drug-likeness (QED) is 0.787. The lowest BCUT2D eigenvalue weighted by Crippen LogP contribution is -1.91. The van der Waals surface area contributed by atoms with Crippen LogP contribution in [0, 0.1) is 0 Å². The lowest BCUT2D eigenvalue weighted by molar-refractivity contribution is -0.137. The first kappa shape index (κ1) is 15.9. The maximum Gasteiger partial charge on any atom is 0.328 e. The fourth-order valence-electron chi connectivity index (χ4n) is 1.06. The van der Waals surface area contributed by atoms with Crippen LogP contribution in [0.5, 0.6) is 0 Å². The van der Waals surface area contributed by atoms with Gasteiger partial charge in [-0.2, -0.15) is 0 Å². The fourth-order valence-corrected chi connectivity index (χ4v) is 1.06. The summed E-state index contributed by atoms with van der Waals surface area (Å²) >= 11 is 0. The van der Waals surface area contributed by atoms with Crippen molar-refractivity contribution in [3.05, 3.63) is 42.0 Å². The van der Waals surface area contributed by atoms with E-state index < -0.39 is 11.9 Å². The molecule has 2 N–H and O–H groups in total. The number of unbranched alkanes of at least 4 members (excludes halogenated alkanes) is 1. The lowest BCUT2D eigenvalue weighted by atomic mass is 10.2. The van der Waals surface area contributed by atoms with Gasteiger partial charge in [-0.25, -0.2) is 4.79 Å². The molecule has 1 aromatic rings. The maximum absolute atomic E-state index is 10.1. The van der Waals surface area contributed by atoms with Crippen LogP contribution in [0.1, 0.15) is 31.7 Å². The molecule has 0 spiro atoms. The lowest BCUT2D eigenvalue weighted by Gasteiger charge is -1.87. The van der Waals surface area contributed by atoms with Crippen LogP contribution >= 0.6 is 0 Å². The molecule has 4 nitrogen and oxygen atoms in total. The summed E-state index contributed by atoms with van der Waals surface area (Å²) in [6.45, 7) is 1.98. The predicted octanol–water partition coefficient (Wildman–Crippen LogP) is 3.05. The van der Waals surface area contributed by atoms with E-state index in [0.29, 0.717) is 6.42 Å². The first-order chi connectivity index (χ1) is 8.56. The van der Waals surface area contributed by atoms with Gasteiger partial charge in [0.05, 0.1) is 0 Å². The second-order valence-corrected chi connectivity index (χ2v) is 3.58. The fraction of sp³-hybridized carbons (Fsp3) is 0.286. The van der Waals surface area contributed by atoms with Gasteiger partial charge in [0.15, 0.2) is 0 Å². The third-order valence-electron chi connectivity index (χ3n) is 1.96. The Morgan fingerprint density at radius 2 is 1.78 bits per heavy atom. The minimum absolute atomic E-state index is 0.316. The van der Waals surface area contributed by atoms with Crippen LogP contribution in [0.15, 0.2) is 36.4 Å². The largest absolute Gasteiger partial charge is 0.481 e. The Morgan fingerprint density at radius 1 is 1.17 bits per heavy atom. The summed E-state index contributed by atoms with van der Waals surface area (Å²) in [5.41, 5.74) is 0.898. The highest BCUT2D eigenvalue weighted by Crippen LogP contribution is 1.99. The van der Waals surface area contributed by atoms with Gasteiger partial charge in [0.2, 0.25) is 0 Å². The molecule has 0 aliphatic carbocycles. The van der Waals surface area contributed by atoms with E-state index in [9.17, 15) is 9.59 Å². The molecule has 0 fully saturated rings. The standard InChI is InChI=1S/C9H8O2.C5H10O2/c10-9(11)7-6-8-4-2-1-3-5-8;1-2-3-4-5(6)7/h1-7H,(H,10,11);2-4H2,1H3,(H,6,7). The zero-order valence-corrected chi connectivity index (χ0v) is 10.4. The Bertz CT molecular complexity index is 382. The molecule has 0 radical (unpaired) electrons. The van der Waals surface area contributed by atoms with E-state index in [1.165, 1.54) is 0 Å². The number of hydrogen-bond donors (Lipinski definition) is 2. The van der Waals surface area contributed by atoms with Crippen molar-refractivity contribution in [1.29, 1.82) is 0 Å². The second-order valence-electron chi connectivity index (χ2n) is 3.58. The van der Waals surface area contributed by atoms with Crippen molar-refractivity contribution < 1.29 is 19.8 Å². The van der Waals surface area contributed by atoms with Crippen LogP contribution in [-0.2, 0) is 9.59 Å². The molecule has 0 atom stereocenters. The smallest absolute Gasteiger partial charge is 0.328 e. The summed E-state index contributed by atoms with van der Waals surface area (Å²) in [7, 11) is 0. The van der Waals surface area contributed by atoms with Crippen LogP contribution in [0.3, 0.4) is 0 Å². The van der Waals surface area contributed by atoms with Crippen LogP contribution in [0.25, 0.3) is 6.08 Å². The van der Waals surface area contributed by atoms with E-state index in [-0.39, 0.29) is 0 Å². The molecule has 0 aromatic heterocycles. The van der Waals surface area contributed by atoms with Gasteiger partial charge < -0.3 is 10.2 Å². The van der Waals surface area contributed by atoms with Crippen molar-refractivity contribution in [1.82, 2.24) is 0 Å².